The van der Waals surface area contributed by atoms with E-state index in [1.165, 1.54) is 24.8 Å². The standard InChI is InChI=1S/C17H19BrO/c18-14-6-2-3-7-15-10-12-17(13-11-15)19-16-8-4-1-5-9-16/h1,4-5,8-13H,2-3,6-7,14H2. The molecule has 0 saturated heterocycles. The molecule has 2 aromatic rings. The Kier molecular flexibility index (Phi) is 5.96. The van der Waals surface area contributed by atoms with Gasteiger partial charge in [0, 0.05) is 5.33 Å². The molecular weight excluding hydrogens is 300 g/mol. The highest BCUT2D eigenvalue weighted by atomic mass is 79.9. The summed E-state index contributed by atoms with van der Waals surface area (Å²) in [5.74, 6) is 1.78. The molecule has 0 aliphatic heterocycles. The number of rotatable bonds is 7. The lowest BCUT2D eigenvalue weighted by Gasteiger charge is -2.06. The highest BCUT2D eigenvalue weighted by Gasteiger charge is 1.98. The van der Waals surface area contributed by atoms with Crippen LogP contribution in [0.3, 0.4) is 0 Å². The Morgan fingerprint density at radius 2 is 1.42 bits per heavy atom. The normalized spacial score (nSPS) is 10.4. The molecule has 2 rings (SSSR count). The largest absolute Gasteiger partial charge is 0.457 e. The van der Waals surface area contributed by atoms with Crippen molar-refractivity contribution in [2.24, 2.45) is 0 Å². The zero-order valence-electron chi connectivity index (χ0n) is 11.0. The van der Waals surface area contributed by atoms with Gasteiger partial charge in [-0.1, -0.05) is 52.7 Å². The van der Waals surface area contributed by atoms with E-state index in [-0.39, 0.29) is 0 Å². The summed E-state index contributed by atoms with van der Waals surface area (Å²) in [7, 11) is 0. The average Bonchev–Trinajstić information content (AvgIpc) is 2.46. The third kappa shape index (κ3) is 5.07. The Morgan fingerprint density at radius 3 is 2.11 bits per heavy atom. The molecule has 0 unspecified atom stereocenters. The molecule has 0 saturated carbocycles. The van der Waals surface area contributed by atoms with Crippen molar-refractivity contribution >= 4 is 15.9 Å². The number of para-hydroxylation sites is 1. The van der Waals surface area contributed by atoms with Gasteiger partial charge in [-0.15, -0.1) is 0 Å². The number of benzene rings is 2. The molecule has 0 amide bonds. The van der Waals surface area contributed by atoms with Gasteiger partial charge in [-0.3, -0.25) is 0 Å². The zero-order valence-corrected chi connectivity index (χ0v) is 12.6. The molecular formula is C17H19BrO. The van der Waals surface area contributed by atoms with Gasteiger partial charge in [-0.25, -0.2) is 0 Å². The van der Waals surface area contributed by atoms with Gasteiger partial charge in [-0.05, 0) is 49.1 Å². The second-order valence-corrected chi connectivity index (χ2v) is 5.35. The van der Waals surface area contributed by atoms with Crippen LogP contribution in [-0.2, 0) is 6.42 Å². The van der Waals surface area contributed by atoms with E-state index < -0.39 is 0 Å². The lowest BCUT2D eigenvalue weighted by Crippen LogP contribution is -1.88. The van der Waals surface area contributed by atoms with Crippen LogP contribution in [0.5, 0.6) is 11.5 Å². The van der Waals surface area contributed by atoms with Crippen LogP contribution in [0, 0.1) is 0 Å². The molecule has 0 atom stereocenters. The number of alkyl halides is 1. The minimum Gasteiger partial charge on any atom is -0.457 e. The fourth-order valence-corrected chi connectivity index (χ4v) is 2.35. The summed E-state index contributed by atoms with van der Waals surface area (Å²) in [6.45, 7) is 0. The van der Waals surface area contributed by atoms with E-state index >= 15 is 0 Å². The van der Waals surface area contributed by atoms with Crippen molar-refractivity contribution in [1.82, 2.24) is 0 Å². The van der Waals surface area contributed by atoms with Crippen molar-refractivity contribution in [3.05, 3.63) is 60.2 Å². The maximum absolute atomic E-state index is 5.77. The predicted molar refractivity (Wildman–Crippen MR) is 84.3 cm³/mol. The number of halogens is 1. The minimum atomic E-state index is 0.882. The van der Waals surface area contributed by atoms with Gasteiger partial charge in [0.25, 0.3) is 0 Å². The van der Waals surface area contributed by atoms with E-state index in [0.717, 1.165) is 23.2 Å². The van der Waals surface area contributed by atoms with Gasteiger partial charge in [0.15, 0.2) is 0 Å². The van der Waals surface area contributed by atoms with E-state index in [9.17, 15) is 0 Å². The summed E-state index contributed by atoms with van der Waals surface area (Å²) in [5.41, 5.74) is 1.38. The number of aryl methyl sites for hydroxylation is 1. The molecule has 2 heteroatoms. The molecule has 0 aliphatic carbocycles. The van der Waals surface area contributed by atoms with Gasteiger partial charge in [0.1, 0.15) is 11.5 Å². The SMILES string of the molecule is BrCCCCCc1ccc(Oc2ccccc2)cc1. The smallest absolute Gasteiger partial charge is 0.127 e. The predicted octanol–water partition coefficient (Wildman–Crippen LogP) is 5.59. The van der Waals surface area contributed by atoms with Crippen molar-refractivity contribution in [3.8, 4) is 11.5 Å². The van der Waals surface area contributed by atoms with E-state index in [2.05, 4.69) is 28.1 Å². The van der Waals surface area contributed by atoms with Crippen LogP contribution < -0.4 is 4.74 Å². The lowest BCUT2D eigenvalue weighted by atomic mass is 10.1. The second-order valence-electron chi connectivity index (χ2n) is 4.56. The third-order valence-corrected chi connectivity index (χ3v) is 3.56. The number of ether oxygens (including phenoxy) is 1. The maximum Gasteiger partial charge on any atom is 0.127 e. The molecule has 1 nitrogen and oxygen atoms in total. The van der Waals surface area contributed by atoms with E-state index in [1.54, 1.807) is 0 Å². The van der Waals surface area contributed by atoms with Crippen LogP contribution in [-0.4, -0.2) is 5.33 Å². The fraction of sp³-hybridized carbons (Fsp3) is 0.294. The highest BCUT2D eigenvalue weighted by Crippen LogP contribution is 2.21. The molecule has 0 bridgehead atoms. The minimum absolute atomic E-state index is 0.882. The molecule has 19 heavy (non-hydrogen) atoms. The summed E-state index contributed by atoms with van der Waals surface area (Å²) in [6.07, 6.45) is 4.95. The second kappa shape index (κ2) is 8.00. The summed E-state index contributed by atoms with van der Waals surface area (Å²) in [4.78, 5) is 0. The molecule has 2 aromatic carbocycles. The Morgan fingerprint density at radius 1 is 0.737 bits per heavy atom. The molecule has 0 spiro atoms. The van der Waals surface area contributed by atoms with Crippen molar-refractivity contribution in [3.63, 3.8) is 0 Å². The summed E-state index contributed by atoms with van der Waals surface area (Å²) >= 11 is 3.46. The summed E-state index contributed by atoms with van der Waals surface area (Å²) in [5, 5.41) is 1.11. The van der Waals surface area contributed by atoms with Gasteiger partial charge in [0.05, 0.1) is 0 Å². The van der Waals surface area contributed by atoms with Crippen LogP contribution >= 0.6 is 15.9 Å². The number of hydrogen-bond acceptors (Lipinski definition) is 1. The molecule has 0 heterocycles. The van der Waals surface area contributed by atoms with Crippen LogP contribution in [0.4, 0.5) is 0 Å². The first-order valence-corrected chi connectivity index (χ1v) is 7.88. The van der Waals surface area contributed by atoms with E-state index in [1.807, 2.05) is 42.5 Å². The first-order valence-electron chi connectivity index (χ1n) is 6.76. The Bertz CT molecular complexity index is 464. The van der Waals surface area contributed by atoms with Crippen LogP contribution in [0.25, 0.3) is 0 Å². The number of hydrogen-bond donors (Lipinski definition) is 0. The monoisotopic (exact) mass is 318 g/mol. The summed E-state index contributed by atoms with van der Waals surface area (Å²) in [6, 6.07) is 18.3. The lowest BCUT2D eigenvalue weighted by molar-refractivity contribution is 0.482. The molecule has 0 N–H and O–H groups in total. The quantitative estimate of drug-likeness (QED) is 0.478. The van der Waals surface area contributed by atoms with Crippen molar-refractivity contribution in [1.29, 1.82) is 0 Å². The highest BCUT2D eigenvalue weighted by molar-refractivity contribution is 9.09. The first kappa shape index (κ1) is 14.1. The van der Waals surface area contributed by atoms with Crippen molar-refractivity contribution in [2.75, 3.05) is 5.33 Å². The van der Waals surface area contributed by atoms with Crippen molar-refractivity contribution < 1.29 is 4.74 Å². The first-order chi connectivity index (χ1) is 9.38. The topological polar surface area (TPSA) is 9.23 Å². The Balaban J connectivity index is 1.84. The van der Waals surface area contributed by atoms with Crippen molar-refractivity contribution in [2.45, 2.75) is 25.7 Å². The molecule has 0 aromatic heterocycles. The average molecular weight is 319 g/mol. The van der Waals surface area contributed by atoms with Gasteiger partial charge in [0.2, 0.25) is 0 Å². The fourth-order valence-electron chi connectivity index (χ4n) is 1.95. The van der Waals surface area contributed by atoms with Crippen LogP contribution in [0.1, 0.15) is 24.8 Å². The third-order valence-electron chi connectivity index (χ3n) is 3.00. The van der Waals surface area contributed by atoms with E-state index in [4.69, 9.17) is 4.74 Å². The number of unbranched alkanes of at least 4 members (excludes halogenated alkanes) is 2. The van der Waals surface area contributed by atoms with Gasteiger partial charge >= 0.3 is 0 Å². The molecule has 0 aliphatic rings. The van der Waals surface area contributed by atoms with Crippen LogP contribution in [0.15, 0.2) is 54.6 Å². The van der Waals surface area contributed by atoms with Gasteiger partial charge < -0.3 is 4.74 Å². The Hall–Kier alpha value is -1.28. The van der Waals surface area contributed by atoms with Gasteiger partial charge in [-0.2, -0.15) is 0 Å². The Labute approximate surface area is 123 Å². The molecule has 100 valence electrons. The van der Waals surface area contributed by atoms with E-state index in [0.29, 0.717) is 0 Å². The zero-order chi connectivity index (χ0) is 13.3. The van der Waals surface area contributed by atoms with Crippen LogP contribution in [0.2, 0.25) is 0 Å². The molecule has 0 fully saturated rings. The molecule has 0 radical (unpaired) electrons. The maximum atomic E-state index is 5.77. The summed E-state index contributed by atoms with van der Waals surface area (Å²) < 4.78 is 5.77.